The number of rotatable bonds is 4. The van der Waals surface area contributed by atoms with Crippen LogP contribution in [0.4, 0.5) is 11.4 Å². The van der Waals surface area contributed by atoms with Crippen molar-refractivity contribution in [2.24, 2.45) is 0 Å². The first-order valence-electron chi connectivity index (χ1n) is 7.55. The summed E-state index contributed by atoms with van der Waals surface area (Å²) in [6.45, 7) is 8.53. The van der Waals surface area contributed by atoms with E-state index >= 15 is 0 Å². The van der Waals surface area contributed by atoms with Gasteiger partial charge in [0.2, 0.25) is 0 Å². The number of hydrogen-bond donors (Lipinski definition) is 1. The van der Waals surface area contributed by atoms with Crippen LogP contribution in [0.2, 0.25) is 0 Å². The van der Waals surface area contributed by atoms with Gasteiger partial charge in [0.25, 0.3) is 5.91 Å². The first-order valence-corrected chi connectivity index (χ1v) is 7.55. The summed E-state index contributed by atoms with van der Waals surface area (Å²) in [7, 11) is 0. The quantitative estimate of drug-likeness (QED) is 0.865. The van der Waals surface area contributed by atoms with Crippen LogP contribution >= 0.6 is 0 Å². The number of carbonyl (C=O) groups is 1. The minimum atomic E-state index is -0.0374. The topological polar surface area (TPSA) is 41.6 Å². The first-order chi connectivity index (χ1) is 10.1. The van der Waals surface area contributed by atoms with Crippen LogP contribution in [-0.4, -0.2) is 31.7 Å². The Morgan fingerprint density at radius 1 is 1.43 bits per heavy atom. The molecule has 0 bridgehead atoms. The Kier molecular flexibility index (Phi) is 5.39. The Hall–Kier alpha value is -1.81. The molecule has 1 amide bonds. The number of amides is 1. The van der Waals surface area contributed by atoms with E-state index in [9.17, 15) is 4.79 Å². The molecule has 1 saturated heterocycles. The fourth-order valence-corrected chi connectivity index (χ4v) is 2.44. The first kappa shape index (κ1) is 15.6. The molecule has 1 N–H and O–H groups in total. The number of hydrogen-bond acceptors (Lipinski definition) is 3. The number of ether oxygens (including phenoxy) is 1. The van der Waals surface area contributed by atoms with Crippen LogP contribution in [0.1, 0.15) is 27.2 Å². The third-order valence-corrected chi connectivity index (χ3v) is 3.60. The molecule has 1 fully saturated rings. The van der Waals surface area contributed by atoms with Crippen LogP contribution in [0, 0.1) is 0 Å². The van der Waals surface area contributed by atoms with Crippen LogP contribution in [-0.2, 0) is 9.53 Å². The minimum Gasteiger partial charge on any atom is -0.375 e. The van der Waals surface area contributed by atoms with Crippen LogP contribution in [0.15, 0.2) is 35.9 Å². The van der Waals surface area contributed by atoms with Gasteiger partial charge in [0.1, 0.15) is 0 Å². The number of carbonyl (C=O) groups excluding carboxylic acids is 1. The molecule has 1 heterocycles. The number of morpholine rings is 1. The van der Waals surface area contributed by atoms with E-state index in [-0.39, 0.29) is 12.0 Å². The van der Waals surface area contributed by atoms with E-state index in [1.54, 1.807) is 0 Å². The Morgan fingerprint density at radius 3 is 2.76 bits per heavy atom. The minimum absolute atomic E-state index is 0.0374. The summed E-state index contributed by atoms with van der Waals surface area (Å²) in [5.41, 5.74) is 2.75. The van der Waals surface area contributed by atoms with Crippen molar-refractivity contribution in [3.63, 3.8) is 0 Å². The molecule has 0 radical (unpaired) electrons. The lowest BCUT2D eigenvalue weighted by atomic mass is 10.2. The van der Waals surface area contributed by atoms with Gasteiger partial charge in [-0.1, -0.05) is 13.0 Å². The van der Waals surface area contributed by atoms with Crippen molar-refractivity contribution in [2.45, 2.75) is 33.3 Å². The predicted molar refractivity (Wildman–Crippen MR) is 86.7 cm³/mol. The van der Waals surface area contributed by atoms with Crippen LogP contribution < -0.4 is 10.2 Å². The monoisotopic (exact) mass is 288 g/mol. The van der Waals surface area contributed by atoms with Gasteiger partial charge >= 0.3 is 0 Å². The summed E-state index contributed by atoms with van der Waals surface area (Å²) >= 11 is 0. The van der Waals surface area contributed by atoms with E-state index < -0.39 is 0 Å². The largest absolute Gasteiger partial charge is 0.375 e. The molecule has 0 aromatic heterocycles. The zero-order valence-corrected chi connectivity index (χ0v) is 13.1. The second-order valence-electron chi connectivity index (χ2n) is 5.42. The van der Waals surface area contributed by atoms with Crippen molar-refractivity contribution >= 4 is 17.3 Å². The molecule has 2 rings (SSSR count). The standard InChI is InChI=1S/C17H24N2O2/c1-4-5-13(2)17(20)18-15-6-8-16(9-7-15)19-10-11-21-14(3)12-19/h5-9,14H,4,10-12H2,1-3H3,(H,18,20)/b13-5+/t14-/m1/s1. The van der Waals surface area contributed by atoms with Gasteiger partial charge in [-0.2, -0.15) is 0 Å². The number of nitrogens with one attached hydrogen (secondary N) is 1. The molecule has 21 heavy (non-hydrogen) atoms. The lowest BCUT2D eigenvalue weighted by molar-refractivity contribution is -0.112. The zero-order valence-electron chi connectivity index (χ0n) is 13.1. The highest BCUT2D eigenvalue weighted by Gasteiger charge is 2.16. The molecule has 0 aliphatic carbocycles. The van der Waals surface area contributed by atoms with Crippen LogP contribution in [0.3, 0.4) is 0 Å². The summed E-state index contributed by atoms with van der Waals surface area (Å²) in [5, 5.41) is 2.91. The summed E-state index contributed by atoms with van der Waals surface area (Å²) in [6.07, 6.45) is 3.06. The fourth-order valence-electron chi connectivity index (χ4n) is 2.44. The molecule has 4 heteroatoms. The third-order valence-electron chi connectivity index (χ3n) is 3.60. The number of nitrogens with zero attached hydrogens (tertiary/aromatic N) is 1. The normalized spacial score (nSPS) is 19.5. The van der Waals surface area contributed by atoms with Crippen molar-refractivity contribution in [3.05, 3.63) is 35.9 Å². The van der Waals surface area contributed by atoms with E-state index in [1.165, 1.54) is 5.69 Å². The van der Waals surface area contributed by atoms with Gasteiger partial charge in [0.05, 0.1) is 12.7 Å². The van der Waals surface area contributed by atoms with Crippen LogP contribution in [0.5, 0.6) is 0 Å². The van der Waals surface area contributed by atoms with E-state index in [4.69, 9.17) is 4.74 Å². The molecule has 1 aromatic rings. The Morgan fingerprint density at radius 2 is 2.14 bits per heavy atom. The summed E-state index contributed by atoms with van der Waals surface area (Å²) < 4.78 is 5.55. The van der Waals surface area contributed by atoms with E-state index in [1.807, 2.05) is 44.2 Å². The molecule has 1 aliphatic heterocycles. The van der Waals surface area contributed by atoms with Crippen molar-refractivity contribution < 1.29 is 9.53 Å². The van der Waals surface area contributed by atoms with Gasteiger partial charge in [-0.05, 0) is 44.5 Å². The maximum atomic E-state index is 11.9. The van der Waals surface area contributed by atoms with E-state index in [0.717, 1.165) is 37.4 Å². The van der Waals surface area contributed by atoms with Crippen molar-refractivity contribution in [2.75, 3.05) is 29.9 Å². The van der Waals surface area contributed by atoms with Gasteiger partial charge in [0.15, 0.2) is 0 Å². The molecular formula is C17H24N2O2. The summed E-state index contributed by atoms with van der Waals surface area (Å²) in [5.74, 6) is -0.0374. The van der Waals surface area contributed by atoms with Crippen molar-refractivity contribution in [1.29, 1.82) is 0 Å². The molecule has 0 spiro atoms. The lowest BCUT2D eigenvalue weighted by Gasteiger charge is -2.33. The summed E-state index contributed by atoms with van der Waals surface area (Å²) in [4.78, 5) is 14.2. The Bertz CT molecular complexity index is 508. The maximum absolute atomic E-state index is 11.9. The molecule has 1 atom stereocenters. The molecule has 1 aliphatic rings. The second kappa shape index (κ2) is 7.27. The third kappa shape index (κ3) is 4.33. The molecular weight excluding hydrogens is 264 g/mol. The van der Waals surface area contributed by atoms with Gasteiger partial charge in [0, 0.05) is 30.0 Å². The average Bonchev–Trinajstić information content (AvgIpc) is 2.48. The lowest BCUT2D eigenvalue weighted by Crippen LogP contribution is -2.41. The molecule has 1 aromatic carbocycles. The Labute approximate surface area is 126 Å². The van der Waals surface area contributed by atoms with Crippen LogP contribution in [0.25, 0.3) is 0 Å². The SMILES string of the molecule is CC/C=C(\C)C(=O)Nc1ccc(N2CCO[C@H](C)C2)cc1. The Balaban J connectivity index is 1.99. The number of allylic oxidation sites excluding steroid dienone is 1. The number of anilines is 2. The van der Waals surface area contributed by atoms with E-state index in [2.05, 4.69) is 17.1 Å². The highest BCUT2D eigenvalue weighted by atomic mass is 16.5. The molecule has 114 valence electrons. The molecule has 4 nitrogen and oxygen atoms in total. The predicted octanol–water partition coefficient (Wildman–Crippen LogP) is 3.21. The van der Waals surface area contributed by atoms with Gasteiger partial charge in [-0.15, -0.1) is 0 Å². The van der Waals surface area contributed by atoms with Gasteiger partial charge in [-0.25, -0.2) is 0 Å². The average molecular weight is 288 g/mol. The van der Waals surface area contributed by atoms with Gasteiger partial charge < -0.3 is 15.0 Å². The fraction of sp³-hybridized carbons (Fsp3) is 0.471. The van der Waals surface area contributed by atoms with E-state index in [0.29, 0.717) is 0 Å². The van der Waals surface area contributed by atoms with Crippen molar-refractivity contribution in [1.82, 2.24) is 0 Å². The summed E-state index contributed by atoms with van der Waals surface area (Å²) in [6, 6.07) is 8.00. The number of benzene rings is 1. The maximum Gasteiger partial charge on any atom is 0.250 e. The smallest absolute Gasteiger partial charge is 0.250 e. The second-order valence-corrected chi connectivity index (χ2v) is 5.42. The highest BCUT2D eigenvalue weighted by molar-refractivity contribution is 6.03. The highest BCUT2D eigenvalue weighted by Crippen LogP contribution is 2.20. The zero-order chi connectivity index (χ0) is 15.2. The van der Waals surface area contributed by atoms with Gasteiger partial charge in [-0.3, -0.25) is 4.79 Å². The van der Waals surface area contributed by atoms with Crippen molar-refractivity contribution in [3.8, 4) is 0 Å². The molecule has 0 saturated carbocycles. The molecule has 0 unspecified atom stereocenters.